The van der Waals surface area contributed by atoms with Gasteiger partial charge in [0.25, 0.3) is 0 Å². The third-order valence-electron chi connectivity index (χ3n) is 15.9. The van der Waals surface area contributed by atoms with Gasteiger partial charge in [-0.05, 0) is 140 Å². The molecule has 0 atom stereocenters. The summed E-state index contributed by atoms with van der Waals surface area (Å²) in [6.45, 7) is 11.0. The zero-order chi connectivity index (χ0) is 72.3. The van der Waals surface area contributed by atoms with Crippen LogP contribution in [0.2, 0.25) is 0 Å². The van der Waals surface area contributed by atoms with E-state index in [1.807, 2.05) is 124 Å². The van der Waals surface area contributed by atoms with E-state index in [-0.39, 0.29) is 153 Å². The Labute approximate surface area is 655 Å². The van der Waals surface area contributed by atoms with Crippen molar-refractivity contribution in [2.75, 3.05) is 13.2 Å². The van der Waals surface area contributed by atoms with Crippen molar-refractivity contribution in [2.45, 2.75) is 123 Å². The number of para-hydroxylation sites is 3. The molecule has 9 aromatic carbocycles. The zero-order valence-corrected chi connectivity index (χ0v) is 60.5. The average molecular weight is 1560 g/mol. The van der Waals surface area contributed by atoms with Crippen molar-refractivity contribution in [3.63, 3.8) is 0 Å². The number of benzene rings is 9. The molecule has 0 saturated carbocycles. The molecule has 10 N–H and O–H groups in total. The second-order valence-electron chi connectivity index (χ2n) is 23.3. The number of carboxylic acids is 1. The molecule has 0 amide bonds. The van der Waals surface area contributed by atoms with Crippen LogP contribution >= 0.6 is 28.3 Å². The van der Waals surface area contributed by atoms with Gasteiger partial charge in [0, 0.05) is 96.9 Å². The zero-order valence-electron chi connectivity index (χ0n) is 58.1. The Hall–Kier alpha value is -9.61. The van der Waals surface area contributed by atoms with Gasteiger partial charge in [-0.25, -0.2) is 13.2 Å². The Kier molecular flexibility index (Phi) is 39.6. The summed E-state index contributed by atoms with van der Waals surface area (Å²) >= 11 is 3.54. The number of halogens is 5. The summed E-state index contributed by atoms with van der Waals surface area (Å²) in [6, 6.07) is 54.0. The molecular weight excluding hydrogens is 1470 g/mol. The number of carbonyl (C=O) groups excluding carboxylic acids is 2. The maximum Gasteiger partial charge on any atom is 1.00 e. The van der Waals surface area contributed by atoms with Gasteiger partial charge in [-0.2, -0.15) is 0 Å². The fraction of sp³-hybridized carbons (Fsp3) is 0.241. The molecule has 0 saturated heterocycles. The summed E-state index contributed by atoms with van der Waals surface area (Å²) in [7, 11) is -1.78. The summed E-state index contributed by atoms with van der Waals surface area (Å²) in [5.74, 6) is 1.27. The predicted octanol–water partition coefficient (Wildman–Crippen LogP) is 14.8. The maximum absolute atomic E-state index is 15.1. The van der Waals surface area contributed by atoms with Crippen molar-refractivity contribution in [2.24, 2.45) is 17.2 Å². The molecule has 0 fully saturated rings. The van der Waals surface area contributed by atoms with Crippen molar-refractivity contribution in [3.05, 3.63) is 271 Å². The van der Waals surface area contributed by atoms with Crippen molar-refractivity contribution < 1.29 is 104 Å². The Bertz CT molecular complexity index is 4900. The van der Waals surface area contributed by atoms with Crippen LogP contribution in [-0.4, -0.2) is 58.9 Å². The van der Waals surface area contributed by atoms with Crippen LogP contribution in [0.3, 0.4) is 0 Å². The summed E-state index contributed by atoms with van der Waals surface area (Å²) in [5.41, 5.74) is 26.6. The Balaban J connectivity index is 0.000000498. The number of aliphatic carboxylic acids is 1. The topological polar surface area (TPSA) is 306 Å². The van der Waals surface area contributed by atoms with Crippen LogP contribution in [0.1, 0.15) is 111 Å². The minimum absolute atomic E-state index is 0. The smallest absolute Gasteiger partial charge is 0.870 e. The first-order valence-corrected chi connectivity index (χ1v) is 33.2. The SMILES string of the molecule is C.C.C.C.CCOC(=O)Cc1ccccc1OCc1cc(-c2cccc(CN)c2F)c2oc(C)cc2c1.CCOC(=O)Cc1ccccc1OCc1cc(Br)c2oc(C)cc2c1.Cc1cc2cc(COc3ccccc3CC(=O)O)cc(-c3cccc(CN)c3F)c2o1.Cl.NCc1cccc(B(O)O)c1F.[Li+].[OH-]. The van der Waals surface area contributed by atoms with E-state index in [0.717, 1.165) is 71.3 Å². The molecule has 0 radical (unpaired) electrons. The second kappa shape index (κ2) is 45.3. The summed E-state index contributed by atoms with van der Waals surface area (Å²) < 4.78 is 89.6. The summed E-state index contributed by atoms with van der Waals surface area (Å²) in [6.07, 6.45) is 0.207. The number of carboxylic acid groups (broad SMARTS) is 1. The monoisotopic (exact) mass is 1560 g/mol. The van der Waals surface area contributed by atoms with E-state index in [1.54, 1.807) is 74.5 Å². The quantitative estimate of drug-likeness (QED) is 0.0256. The standard InChI is InChI=1S/C27H26FNO4.C25H22FNO4.C20H19BrO4.C7H9BFNO2.4CH4.ClH.Li.H2O/c1-3-31-25(30)14-19-7-4-5-10-24(19)32-16-18-12-21-11-17(2)33-27(21)23(13-18)22-9-6-8-20(15-29)26(22)28;1-15-9-19-10-16(14-30-22-8-3-2-5-17(22)12-23(28)29)11-21(25(19)31-15)20-7-4-6-18(13-27)24(20)26;1-3-23-19(22)11-15-6-4-5-7-18(15)24-12-14-9-16-8-13(2)25-20(16)17(21)10-14;9-7-5(4-10)2-1-3-6(7)8(11)12;;;;;;;/h4-13H,3,14-16,29H2,1-2H3;2-11H,12-14,27H2,1H3,(H,28,29);4-10H,3,11-12H2,1-2H3;1-3,11-12H,4,10H2;4*1H4;1H;;1H2/q;;;;;;;;;+1;/p-1. The second-order valence-corrected chi connectivity index (χ2v) is 24.1. The minimum atomic E-state index is -1.78. The van der Waals surface area contributed by atoms with Crippen molar-refractivity contribution in [1.82, 2.24) is 0 Å². The summed E-state index contributed by atoms with van der Waals surface area (Å²) in [5, 5.41) is 29.2. The average Bonchev–Trinajstić information content (AvgIpc) is 1.56. The molecule has 25 heteroatoms. The maximum atomic E-state index is 15.1. The van der Waals surface area contributed by atoms with Gasteiger partial charge in [0.2, 0.25) is 0 Å². The van der Waals surface area contributed by atoms with Crippen LogP contribution in [0, 0.1) is 38.2 Å². The molecule has 3 aromatic heterocycles. The molecule has 0 bridgehead atoms. The van der Waals surface area contributed by atoms with Crippen LogP contribution in [0.15, 0.2) is 200 Å². The van der Waals surface area contributed by atoms with Gasteiger partial charge in [-0.3, -0.25) is 14.4 Å². The molecule has 12 aromatic rings. The molecule has 0 aliphatic carbocycles. The van der Waals surface area contributed by atoms with Crippen LogP contribution in [0.5, 0.6) is 17.2 Å². The van der Waals surface area contributed by atoms with Gasteiger partial charge in [-0.15, -0.1) is 12.4 Å². The first kappa shape index (κ1) is 94.5. The molecule has 0 aliphatic heterocycles. The number of nitrogens with two attached hydrogens (primary N) is 3. The van der Waals surface area contributed by atoms with E-state index < -0.39 is 18.9 Å². The van der Waals surface area contributed by atoms with E-state index in [0.29, 0.717) is 87.2 Å². The number of esters is 2. The first-order chi connectivity index (χ1) is 48.7. The van der Waals surface area contributed by atoms with Gasteiger partial charge in [0.05, 0.1) is 36.9 Å². The molecule has 12 rings (SSSR count). The van der Waals surface area contributed by atoms with Gasteiger partial charge >= 0.3 is 43.9 Å². The van der Waals surface area contributed by atoms with Crippen LogP contribution in [-0.2, 0) is 82.6 Å². The van der Waals surface area contributed by atoms with Gasteiger partial charge in [0.1, 0.15) is 88.6 Å². The van der Waals surface area contributed by atoms with Crippen molar-refractivity contribution in [3.8, 4) is 39.5 Å². The predicted molar refractivity (Wildman–Crippen MR) is 422 cm³/mol. The number of hydrogen-bond donors (Lipinski definition) is 6. The van der Waals surface area contributed by atoms with E-state index in [9.17, 15) is 18.8 Å². The number of carbonyl (C=O) groups is 3. The van der Waals surface area contributed by atoms with E-state index in [1.165, 1.54) is 18.2 Å². The molecule has 108 heavy (non-hydrogen) atoms. The van der Waals surface area contributed by atoms with Crippen molar-refractivity contribution in [1.29, 1.82) is 0 Å². The Morgan fingerprint density at radius 2 is 0.769 bits per heavy atom. The number of fused-ring (bicyclic) bond motifs is 3. The number of furan rings is 3. The van der Waals surface area contributed by atoms with E-state index in [2.05, 4.69) is 15.9 Å². The van der Waals surface area contributed by atoms with Crippen LogP contribution in [0.4, 0.5) is 13.2 Å². The third-order valence-corrected chi connectivity index (χ3v) is 16.4. The van der Waals surface area contributed by atoms with Gasteiger partial charge < -0.3 is 74.8 Å². The fourth-order valence-corrected chi connectivity index (χ4v) is 11.8. The number of rotatable bonds is 23. The minimum Gasteiger partial charge on any atom is -0.870 e. The Morgan fingerprint density at radius 1 is 0.444 bits per heavy atom. The number of aryl methyl sites for hydroxylation is 3. The number of ether oxygens (including phenoxy) is 5. The Morgan fingerprint density at radius 3 is 1.13 bits per heavy atom. The number of hydrogen-bond acceptors (Lipinski definition) is 17. The molecular formula is C83H94BBrClF3LiN3O15. The fourth-order valence-electron chi connectivity index (χ4n) is 11.2. The largest absolute Gasteiger partial charge is 1.00 e. The molecule has 570 valence electrons. The molecule has 0 aliphatic rings. The van der Waals surface area contributed by atoms with Crippen LogP contribution < -0.4 is 55.7 Å². The third kappa shape index (κ3) is 24.7. The molecule has 0 spiro atoms. The van der Waals surface area contributed by atoms with Gasteiger partial charge in [-0.1, -0.05) is 139 Å². The van der Waals surface area contributed by atoms with Crippen molar-refractivity contribution >= 4 is 91.7 Å². The van der Waals surface area contributed by atoms with E-state index in [4.69, 9.17) is 69.3 Å². The van der Waals surface area contributed by atoms with E-state index >= 15 is 8.78 Å². The van der Waals surface area contributed by atoms with Crippen LogP contribution in [0.25, 0.3) is 55.2 Å². The first-order valence-electron chi connectivity index (χ1n) is 32.4. The van der Waals surface area contributed by atoms with Gasteiger partial charge in [0.15, 0.2) is 0 Å². The summed E-state index contributed by atoms with van der Waals surface area (Å²) in [4.78, 5) is 34.8. The molecule has 18 nitrogen and oxygen atoms in total. The molecule has 3 heterocycles. The normalized spacial score (nSPS) is 10.2. The molecule has 0 unspecified atom stereocenters.